The summed E-state index contributed by atoms with van der Waals surface area (Å²) in [5.41, 5.74) is 0. The molecular weight excluding hydrogens is 402 g/mol. The SMILES string of the molecule is O=C(O)CN(CCN(CC(=O)O)CC(=O)O)CC(=O)O.[Ca+2].[Ca+2].[H-].[H-].[H-].[H-].[H-].[H-].[Na+].[Na+]. The minimum Gasteiger partial charge on any atom is -1.00 e. The van der Waals surface area contributed by atoms with Crippen molar-refractivity contribution in [3.8, 4) is 0 Å². The first-order valence-corrected chi connectivity index (χ1v) is 5.52. The first kappa shape index (κ1) is 37.1. The maximum absolute atomic E-state index is 10.6. The third-order valence-electron chi connectivity index (χ3n) is 2.17. The van der Waals surface area contributed by atoms with E-state index >= 15 is 0 Å². The maximum Gasteiger partial charge on any atom is 2.00 e. The minimum atomic E-state index is -1.23. The van der Waals surface area contributed by atoms with Crippen molar-refractivity contribution in [3.63, 3.8) is 0 Å². The molecule has 0 aliphatic rings. The molecular formula is C10H22Ca2N2Na2O8. The molecule has 0 bridgehead atoms. The van der Waals surface area contributed by atoms with Gasteiger partial charge in [-0.25, -0.2) is 0 Å². The molecule has 0 spiro atoms. The molecule has 0 atom stereocenters. The Morgan fingerprint density at radius 1 is 0.583 bits per heavy atom. The number of hydrogen-bond donors (Lipinski definition) is 4. The van der Waals surface area contributed by atoms with Crippen molar-refractivity contribution in [2.75, 3.05) is 39.3 Å². The van der Waals surface area contributed by atoms with Gasteiger partial charge in [-0.1, -0.05) is 0 Å². The molecule has 24 heavy (non-hydrogen) atoms. The predicted molar refractivity (Wildman–Crippen MR) is 81.6 cm³/mol. The Morgan fingerprint density at radius 3 is 0.875 bits per heavy atom. The van der Waals surface area contributed by atoms with Gasteiger partial charge in [0, 0.05) is 13.1 Å². The van der Waals surface area contributed by atoms with Gasteiger partial charge >= 0.3 is 158 Å². The van der Waals surface area contributed by atoms with Crippen molar-refractivity contribution in [1.29, 1.82) is 0 Å². The zero-order valence-corrected chi connectivity index (χ0v) is 22.4. The summed E-state index contributed by atoms with van der Waals surface area (Å²) in [5, 5.41) is 34.5. The van der Waals surface area contributed by atoms with Crippen molar-refractivity contribution >= 4 is 99.4 Å². The van der Waals surface area contributed by atoms with Crippen molar-refractivity contribution in [1.82, 2.24) is 9.80 Å². The normalized spacial score (nSPS) is 8.92. The third-order valence-corrected chi connectivity index (χ3v) is 2.17. The monoisotopic (exact) mass is 424 g/mol. The first-order valence-electron chi connectivity index (χ1n) is 5.52. The van der Waals surface area contributed by atoms with Crippen LogP contribution in [0, 0.1) is 0 Å². The Bertz CT molecular complexity index is 357. The molecule has 0 unspecified atom stereocenters. The molecule has 0 heterocycles. The summed E-state index contributed by atoms with van der Waals surface area (Å²) in [4.78, 5) is 44.4. The zero-order chi connectivity index (χ0) is 15.7. The molecule has 0 saturated heterocycles. The van der Waals surface area contributed by atoms with E-state index < -0.39 is 50.1 Å². The number of carboxylic acid groups (broad SMARTS) is 4. The molecule has 4 N–H and O–H groups in total. The van der Waals surface area contributed by atoms with Crippen LogP contribution in [-0.2, 0) is 19.2 Å². The number of carboxylic acids is 4. The molecule has 14 heteroatoms. The van der Waals surface area contributed by atoms with Crippen LogP contribution >= 0.6 is 0 Å². The largest absolute Gasteiger partial charge is 2.00 e. The van der Waals surface area contributed by atoms with Gasteiger partial charge in [0.1, 0.15) is 0 Å². The smallest absolute Gasteiger partial charge is 1.00 e. The number of carbonyl (C=O) groups is 4. The molecule has 126 valence electrons. The molecule has 10 nitrogen and oxygen atoms in total. The summed E-state index contributed by atoms with van der Waals surface area (Å²) in [6.45, 7) is -2.25. The minimum absolute atomic E-state index is 0. The van der Waals surface area contributed by atoms with E-state index in [1.807, 2.05) is 0 Å². The Hall–Kier alpha value is 2.32. The van der Waals surface area contributed by atoms with Gasteiger partial charge < -0.3 is 29.0 Å². The van der Waals surface area contributed by atoms with Gasteiger partial charge in [-0.05, 0) is 0 Å². The van der Waals surface area contributed by atoms with Crippen LogP contribution in [-0.4, -0.2) is 169 Å². The van der Waals surface area contributed by atoms with Crippen molar-refractivity contribution in [3.05, 3.63) is 0 Å². The predicted octanol–water partition coefficient (Wildman–Crippen LogP) is -8.15. The molecule has 0 aromatic heterocycles. The van der Waals surface area contributed by atoms with Gasteiger partial charge in [0.25, 0.3) is 0 Å². The van der Waals surface area contributed by atoms with E-state index in [9.17, 15) is 19.2 Å². The Balaban J connectivity index is -0.0000000401. The maximum atomic E-state index is 10.6. The van der Waals surface area contributed by atoms with Crippen molar-refractivity contribution < 1.29 is 107 Å². The Morgan fingerprint density at radius 2 is 0.750 bits per heavy atom. The number of aliphatic carboxylic acids is 4. The molecule has 0 aliphatic heterocycles. The standard InChI is InChI=1S/C10H16N2O8.2Ca.2Na.6H/c13-7(14)3-11(4-8(15)16)1-2-12(5-9(17)18)6-10(19)20;;;;;;;;;;/h1-6H2,(H,13,14)(H,15,16)(H,17,18)(H,19,20);;;;;;;;;;/q;2*+2;2*+1;6*-1. The number of hydrogen-bond acceptors (Lipinski definition) is 6. The van der Waals surface area contributed by atoms with Crippen LogP contribution in [0.2, 0.25) is 0 Å². The van der Waals surface area contributed by atoms with Crippen LogP contribution in [0.3, 0.4) is 0 Å². The summed E-state index contributed by atoms with van der Waals surface area (Å²) in [6, 6.07) is 0. The van der Waals surface area contributed by atoms with Crippen LogP contribution in [0.4, 0.5) is 0 Å². The van der Waals surface area contributed by atoms with Gasteiger partial charge in [-0.2, -0.15) is 0 Å². The van der Waals surface area contributed by atoms with Crippen LogP contribution < -0.4 is 59.1 Å². The van der Waals surface area contributed by atoms with E-state index in [0.29, 0.717) is 0 Å². The molecule has 0 amide bonds. The molecule has 0 aromatic carbocycles. The summed E-state index contributed by atoms with van der Waals surface area (Å²) >= 11 is 0. The van der Waals surface area contributed by atoms with E-state index in [1.54, 1.807) is 0 Å². The van der Waals surface area contributed by atoms with E-state index in [2.05, 4.69) is 0 Å². The topological polar surface area (TPSA) is 156 Å². The number of nitrogens with zero attached hydrogens (tertiary/aromatic N) is 2. The van der Waals surface area contributed by atoms with Crippen molar-refractivity contribution in [2.24, 2.45) is 0 Å². The van der Waals surface area contributed by atoms with E-state index in [0.717, 1.165) is 9.80 Å². The van der Waals surface area contributed by atoms with Gasteiger partial charge in [-0.15, -0.1) is 0 Å². The molecule has 0 aromatic rings. The number of rotatable bonds is 11. The molecule has 0 aliphatic carbocycles. The second-order valence-electron chi connectivity index (χ2n) is 4.00. The van der Waals surface area contributed by atoms with Crippen LogP contribution in [0.15, 0.2) is 0 Å². The second kappa shape index (κ2) is 21.6. The summed E-state index contributed by atoms with van der Waals surface area (Å²) in [5.74, 6) is -4.91. The van der Waals surface area contributed by atoms with Crippen molar-refractivity contribution in [2.45, 2.75) is 0 Å². The fourth-order valence-corrected chi connectivity index (χ4v) is 1.48. The zero-order valence-electron chi connectivity index (χ0n) is 20.0. The molecule has 0 fully saturated rings. The summed E-state index contributed by atoms with van der Waals surface area (Å²) in [7, 11) is 0. The fourth-order valence-electron chi connectivity index (χ4n) is 1.48. The molecule has 0 radical (unpaired) electrons. The average Bonchev–Trinajstić information content (AvgIpc) is 2.22. The Kier molecular flexibility index (Phi) is 33.4. The van der Waals surface area contributed by atoms with Gasteiger partial charge in [0.05, 0.1) is 26.2 Å². The third kappa shape index (κ3) is 24.3. The average molecular weight is 424 g/mol. The van der Waals surface area contributed by atoms with Gasteiger partial charge in [-0.3, -0.25) is 29.0 Å². The van der Waals surface area contributed by atoms with E-state index in [4.69, 9.17) is 20.4 Å². The van der Waals surface area contributed by atoms with Crippen LogP contribution in [0.5, 0.6) is 0 Å². The van der Waals surface area contributed by atoms with Gasteiger partial charge in [0.15, 0.2) is 0 Å². The summed E-state index contributed by atoms with van der Waals surface area (Å²) in [6.07, 6.45) is 0. The second-order valence-corrected chi connectivity index (χ2v) is 4.00. The first-order chi connectivity index (χ1) is 9.20. The molecule has 0 saturated carbocycles. The quantitative estimate of drug-likeness (QED) is 0.235. The summed E-state index contributed by atoms with van der Waals surface area (Å²) < 4.78 is 0. The van der Waals surface area contributed by atoms with E-state index in [1.165, 1.54) is 0 Å². The van der Waals surface area contributed by atoms with Crippen LogP contribution in [0.25, 0.3) is 0 Å². The molecule has 0 rings (SSSR count). The van der Waals surface area contributed by atoms with E-state index in [-0.39, 0.29) is 156 Å². The van der Waals surface area contributed by atoms with Gasteiger partial charge in [0.2, 0.25) is 0 Å². The fraction of sp³-hybridized carbons (Fsp3) is 0.600. The van der Waals surface area contributed by atoms with Crippen LogP contribution in [0.1, 0.15) is 8.56 Å². The Labute approximate surface area is 251 Å².